The number of amides is 2. The Morgan fingerprint density at radius 3 is 2.25 bits per heavy atom. The first kappa shape index (κ1) is 18.4. The molecular formula is C17H25FN4O2. The van der Waals surface area contributed by atoms with Crippen LogP contribution in [0.1, 0.15) is 18.5 Å². The van der Waals surface area contributed by atoms with Gasteiger partial charge in [-0.15, -0.1) is 0 Å². The maximum atomic E-state index is 13.2. The van der Waals surface area contributed by atoms with E-state index in [0.717, 1.165) is 31.7 Å². The third kappa shape index (κ3) is 5.01. The highest BCUT2D eigenvalue weighted by molar-refractivity contribution is 6.35. The van der Waals surface area contributed by atoms with Crippen LogP contribution in [0.3, 0.4) is 0 Å². The van der Waals surface area contributed by atoms with Crippen molar-refractivity contribution >= 4 is 11.8 Å². The van der Waals surface area contributed by atoms with Crippen LogP contribution in [0, 0.1) is 5.82 Å². The third-order valence-corrected chi connectivity index (χ3v) is 4.23. The molecule has 0 radical (unpaired) electrons. The van der Waals surface area contributed by atoms with E-state index in [0.29, 0.717) is 13.1 Å². The summed E-state index contributed by atoms with van der Waals surface area (Å²) in [6, 6.07) is 6.22. The maximum Gasteiger partial charge on any atom is 0.309 e. The van der Waals surface area contributed by atoms with Crippen molar-refractivity contribution in [1.29, 1.82) is 0 Å². The van der Waals surface area contributed by atoms with Crippen molar-refractivity contribution in [3.8, 4) is 0 Å². The van der Waals surface area contributed by atoms with Crippen molar-refractivity contribution in [1.82, 2.24) is 20.4 Å². The van der Waals surface area contributed by atoms with Crippen LogP contribution in [-0.2, 0) is 9.59 Å². The molecule has 1 aliphatic heterocycles. The summed E-state index contributed by atoms with van der Waals surface area (Å²) in [5.74, 6) is -1.56. The molecule has 1 saturated heterocycles. The average molecular weight is 336 g/mol. The summed E-state index contributed by atoms with van der Waals surface area (Å²) in [5, 5.41) is 5.17. The summed E-state index contributed by atoms with van der Waals surface area (Å²) >= 11 is 0. The Bertz CT molecular complexity index is 556. The Balaban J connectivity index is 2.06. The van der Waals surface area contributed by atoms with E-state index in [4.69, 9.17) is 0 Å². The van der Waals surface area contributed by atoms with E-state index in [2.05, 4.69) is 27.5 Å². The molecule has 24 heavy (non-hydrogen) atoms. The van der Waals surface area contributed by atoms with Gasteiger partial charge in [-0.3, -0.25) is 14.5 Å². The average Bonchev–Trinajstić information content (AvgIpc) is 2.58. The minimum absolute atomic E-state index is 0.0855. The van der Waals surface area contributed by atoms with Crippen molar-refractivity contribution in [2.24, 2.45) is 0 Å². The number of halogens is 1. The lowest BCUT2D eigenvalue weighted by Gasteiger charge is -2.38. The third-order valence-electron chi connectivity index (χ3n) is 4.23. The topological polar surface area (TPSA) is 64.7 Å². The van der Waals surface area contributed by atoms with Crippen LogP contribution in [0.4, 0.5) is 4.39 Å². The van der Waals surface area contributed by atoms with Crippen LogP contribution in [-0.4, -0.2) is 67.9 Å². The molecule has 2 rings (SSSR count). The highest BCUT2D eigenvalue weighted by Gasteiger charge is 2.25. The van der Waals surface area contributed by atoms with Crippen molar-refractivity contribution in [3.05, 3.63) is 35.6 Å². The molecular weight excluding hydrogens is 311 g/mol. The number of nitrogens with zero attached hydrogens (tertiary/aromatic N) is 2. The lowest BCUT2D eigenvalue weighted by atomic mass is 10.0. The SMILES string of the molecule is CCNC(=O)C(=O)NC[C@H](c1ccc(F)cc1)N1CCN(C)CC1. The Labute approximate surface area is 142 Å². The molecule has 2 amide bonds. The zero-order valence-corrected chi connectivity index (χ0v) is 14.2. The second-order valence-corrected chi connectivity index (χ2v) is 5.98. The van der Waals surface area contributed by atoms with Gasteiger partial charge in [0.05, 0.1) is 6.04 Å². The van der Waals surface area contributed by atoms with Gasteiger partial charge in [0.15, 0.2) is 0 Å². The molecule has 1 fully saturated rings. The summed E-state index contributed by atoms with van der Waals surface area (Å²) in [4.78, 5) is 27.9. The fourth-order valence-corrected chi connectivity index (χ4v) is 2.79. The van der Waals surface area contributed by atoms with E-state index in [1.807, 2.05) is 0 Å². The predicted octanol–water partition coefficient (Wildman–Crippen LogP) is 0.367. The molecule has 1 heterocycles. The summed E-state index contributed by atoms with van der Waals surface area (Å²) in [6.07, 6.45) is 0. The number of piperazine rings is 1. The minimum Gasteiger partial charge on any atom is -0.348 e. The van der Waals surface area contributed by atoms with Gasteiger partial charge < -0.3 is 15.5 Å². The normalized spacial score (nSPS) is 17.3. The van der Waals surface area contributed by atoms with Crippen LogP contribution < -0.4 is 10.6 Å². The largest absolute Gasteiger partial charge is 0.348 e. The van der Waals surface area contributed by atoms with Gasteiger partial charge in [-0.25, -0.2) is 4.39 Å². The number of likely N-dealkylation sites (N-methyl/N-ethyl adjacent to an activating group) is 2. The molecule has 0 aromatic heterocycles. The Morgan fingerprint density at radius 2 is 1.67 bits per heavy atom. The van der Waals surface area contributed by atoms with E-state index in [1.165, 1.54) is 12.1 Å². The fraction of sp³-hybridized carbons (Fsp3) is 0.529. The monoisotopic (exact) mass is 336 g/mol. The number of hydrogen-bond acceptors (Lipinski definition) is 4. The maximum absolute atomic E-state index is 13.2. The van der Waals surface area contributed by atoms with Crippen LogP contribution in [0.25, 0.3) is 0 Å². The highest BCUT2D eigenvalue weighted by Crippen LogP contribution is 2.22. The molecule has 0 unspecified atom stereocenters. The van der Waals surface area contributed by atoms with E-state index in [-0.39, 0.29) is 11.9 Å². The van der Waals surface area contributed by atoms with Crippen molar-refractivity contribution < 1.29 is 14.0 Å². The van der Waals surface area contributed by atoms with Gasteiger partial charge in [-0.05, 0) is 31.7 Å². The predicted molar refractivity (Wildman–Crippen MR) is 89.9 cm³/mol. The van der Waals surface area contributed by atoms with Gasteiger partial charge in [-0.1, -0.05) is 12.1 Å². The van der Waals surface area contributed by atoms with Gasteiger partial charge in [0.1, 0.15) is 5.82 Å². The molecule has 132 valence electrons. The van der Waals surface area contributed by atoms with Crippen LogP contribution in [0.15, 0.2) is 24.3 Å². The van der Waals surface area contributed by atoms with Gasteiger partial charge in [-0.2, -0.15) is 0 Å². The minimum atomic E-state index is -0.641. The molecule has 1 atom stereocenters. The van der Waals surface area contributed by atoms with Gasteiger partial charge in [0.25, 0.3) is 0 Å². The van der Waals surface area contributed by atoms with Crippen LogP contribution in [0.5, 0.6) is 0 Å². The van der Waals surface area contributed by atoms with E-state index >= 15 is 0 Å². The number of carbonyl (C=O) groups is 2. The number of carbonyl (C=O) groups excluding carboxylic acids is 2. The molecule has 0 saturated carbocycles. The Hall–Kier alpha value is -1.99. The first-order valence-corrected chi connectivity index (χ1v) is 8.25. The summed E-state index contributed by atoms with van der Waals surface area (Å²) in [6.45, 7) is 6.06. The molecule has 1 aromatic carbocycles. The Kier molecular flexibility index (Phi) is 6.69. The number of rotatable bonds is 5. The zero-order valence-electron chi connectivity index (χ0n) is 14.2. The summed E-state index contributed by atoms with van der Waals surface area (Å²) in [5.41, 5.74) is 0.928. The number of hydrogen-bond donors (Lipinski definition) is 2. The Morgan fingerprint density at radius 1 is 1.08 bits per heavy atom. The van der Waals surface area contributed by atoms with Crippen LogP contribution in [0.2, 0.25) is 0 Å². The molecule has 1 aromatic rings. The first-order valence-electron chi connectivity index (χ1n) is 8.25. The molecule has 1 aliphatic rings. The number of nitrogens with one attached hydrogen (secondary N) is 2. The molecule has 0 aliphatic carbocycles. The van der Waals surface area contributed by atoms with Gasteiger partial charge >= 0.3 is 11.8 Å². The van der Waals surface area contributed by atoms with Crippen LogP contribution >= 0.6 is 0 Å². The van der Waals surface area contributed by atoms with E-state index < -0.39 is 11.8 Å². The smallest absolute Gasteiger partial charge is 0.309 e. The van der Waals surface area contributed by atoms with E-state index in [9.17, 15) is 14.0 Å². The van der Waals surface area contributed by atoms with Crippen molar-refractivity contribution in [2.75, 3.05) is 46.3 Å². The lowest BCUT2D eigenvalue weighted by molar-refractivity contribution is -0.139. The lowest BCUT2D eigenvalue weighted by Crippen LogP contribution is -2.49. The van der Waals surface area contributed by atoms with Crippen molar-refractivity contribution in [3.63, 3.8) is 0 Å². The highest BCUT2D eigenvalue weighted by atomic mass is 19.1. The van der Waals surface area contributed by atoms with Crippen molar-refractivity contribution in [2.45, 2.75) is 13.0 Å². The molecule has 0 spiro atoms. The van der Waals surface area contributed by atoms with Gasteiger partial charge in [0, 0.05) is 39.3 Å². The summed E-state index contributed by atoms with van der Waals surface area (Å²) in [7, 11) is 2.07. The van der Waals surface area contributed by atoms with Gasteiger partial charge in [0.2, 0.25) is 0 Å². The second kappa shape index (κ2) is 8.75. The fourth-order valence-electron chi connectivity index (χ4n) is 2.79. The molecule has 7 heteroatoms. The first-order chi connectivity index (χ1) is 11.5. The van der Waals surface area contributed by atoms with E-state index in [1.54, 1.807) is 19.1 Å². The zero-order chi connectivity index (χ0) is 17.5. The standard InChI is InChI=1S/C17H25FN4O2/c1-3-19-16(23)17(24)20-12-15(13-4-6-14(18)7-5-13)22-10-8-21(2)9-11-22/h4-7,15H,3,8-12H2,1-2H3,(H,19,23)(H,20,24)/t15-/m1/s1. The number of benzene rings is 1. The molecule has 0 bridgehead atoms. The second-order valence-electron chi connectivity index (χ2n) is 5.98. The summed E-state index contributed by atoms with van der Waals surface area (Å²) < 4.78 is 13.2. The molecule has 6 nitrogen and oxygen atoms in total. The quantitative estimate of drug-likeness (QED) is 0.763. The molecule has 2 N–H and O–H groups in total.